The summed E-state index contributed by atoms with van der Waals surface area (Å²) in [7, 11) is 0. The summed E-state index contributed by atoms with van der Waals surface area (Å²) < 4.78 is 0. The van der Waals surface area contributed by atoms with Crippen molar-refractivity contribution in [2.24, 2.45) is 0 Å². The highest BCUT2D eigenvalue weighted by Gasteiger charge is 2.08. The monoisotopic (exact) mass is 223 g/mol. The number of hydrogen-bond acceptors (Lipinski definition) is 3. The molecular weight excluding hydrogens is 218 g/mol. The molecule has 1 aromatic heterocycles. The minimum Gasteiger partial charge on any atom is -0.298 e. The van der Waals surface area contributed by atoms with Crippen molar-refractivity contribution >= 4 is 29.2 Å². The Balaban J connectivity index is 2.60. The van der Waals surface area contributed by atoms with Gasteiger partial charge >= 0.3 is 0 Å². The molecule has 0 saturated heterocycles. The van der Waals surface area contributed by atoms with Crippen LogP contribution in [-0.2, 0) is 0 Å². The lowest BCUT2D eigenvalue weighted by molar-refractivity contribution is 0.112. The highest BCUT2D eigenvalue weighted by molar-refractivity contribution is 7.13. The Morgan fingerprint density at radius 1 is 1.43 bits per heavy atom. The van der Waals surface area contributed by atoms with Crippen LogP contribution in [0.15, 0.2) is 29.8 Å². The average Bonchev–Trinajstić information content (AvgIpc) is 2.71. The van der Waals surface area contributed by atoms with E-state index >= 15 is 0 Å². The van der Waals surface area contributed by atoms with Gasteiger partial charge < -0.3 is 0 Å². The molecule has 14 heavy (non-hydrogen) atoms. The van der Waals surface area contributed by atoms with Crippen LogP contribution < -0.4 is 0 Å². The van der Waals surface area contributed by atoms with Crippen LogP contribution >= 0.6 is 22.9 Å². The number of benzene rings is 1. The second kappa shape index (κ2) is 3.90. The van der Waals surface area contributed by atoms with Crippen LogP contribution in [0.2, 0.25) is 5.02 Å². The number of nitrogens with zero attached hydrogens (tertiary/aromatic N) is 1. The Hall–Kier alpha value is -1.19. The first-order valence-corrected chi connectivity index (χ1v) is 5.22. The molecule has 0 spiro atoms. The van der Waals surface area contributed by atoms with Gasteiger partial charge in [0.2, 0.25) is 0 Å². The maximum Gasteiger partial charge on any atom is 0.151 e. The van der Waals surface area contributed by atoms with Gasteiger partial charge in [-0.1, -0.05) is 29.8 Å². The standard InChI is InChI=1S/C10H6ClNOS/c11-9-7(6-13)2-1-3-8(9)10-12-4-5-14-10/h1-6H. The van der Waals surface area contributed by atoms with Crippen LogP contribution in [0, 0.1) is 0 Å². The molecule has 1 aromatic carbocycles. The van der Waals surface area contributed by atoms with Gasteiger partial charge in [-0.2, -0.15) is 0 Å². The maximum atomic E-state index is 10.6. The van der Waals surface area contributed by atoms with Crippen molar-refractivity contribution in [2.45, 2.75) is 0 Å². The molecule has 0 unspecified atom stereocenters. The van der Waals surface area contributed by atoms with Gasteiger partial charge in [0.15, 0.2) is 6.29 Å². The molecule has 70 valence electrons. The fraction of sp³-hybridized carbons (Fsp3) is 0. The predicted octanol–water partition coefficient (Wildman–Crippen LogP) is 3.28. The molecule has 2 rings (SSSR count). The van der Waals surface area contributed by atoms with Crippen molar-refractivity contribution in [1.29, 1.82) is 0 Å². The molecule has 0 atom stereocenters. The van der Waals surface area contributed by atoms with E-state index in [0.29, 0.717) is 10.6 Å². The molecule has 2 nitrogen and oxygen atoms in total. The molecule has 0 radical (unpaired) electrons. The van der Waals surface area contributed by atoms with Gasteiger partial charge in [-0.05, 0) is 0 Å². The molecular formula is C10H6ClNOS. The van der Waals surface area contributed by atoms with Gasteiger partial charge in [-0.3, -0.25) is 4.79 Å². The number of carbonyl (C=O) groups is 1. The Labute approximate surface area is 90.2 Å². The molecule has 0 aliphatic rings. The molecule has 2 aromatic rings. The Kier molecular flexibility index (Phi) is 2.61. The van der Waals surface area contributed by atoms with Crippen LogP contribution in [-0.4, -0.2) is 11.3 Å². The zero-order chi connectivity index (χ0) is 9.97. The second-order valence-corrected chi connectivity index (χ2v) is 3.94. The third-order valence-corrected chi connectivity index (χ3v) is 3.05. The number of thiazole rings is 1. The molecule has 0 amide bonds. The summed E-state index contributed by atoms with van der Waals surface area (Å²) in [6.45, 7) is 0. The second-order valence-electron chi connectivity index (χ2n) is 2.66. The van der Waals surface area contributed by atoms with Crippen LogP contribution in [0.4, 0.5) is 0 Å². The predicted molar refractivity (Wildman–Crippen MR) is 57.9 cm³/mol. The van der Waals surface area contributed by atoms with Crippen molar-refractivity contribution in [1.82, 2.24) is 4.98 Å². The molecule has 0 aliphatic carbocycles. The van der Waals surface area contributed by atoms with Gasteiger partial charge in [0.05, 0.1) is 5.02 Å². The summed E-state index contributed by atoms with van der Waals surface area (Å²) in [5.41, 5.74) is 1.31. The first-order valence-electron chi connectivity index (χ1n) is 3.96. The molecule has 1 heterocycles. The summed E-state index contributed by atoms with van der Waals surface area (Å²) in [5.74, 6) is 0. The van der Waals surface area contributed by atoms with E-state index in [1.807, 2.05) is 11.4 Å². The van der Waals surface area contributed by atoms with E-state index < -0.39 is 0 Å². The number of aldehydes is 1. The quantitative estimate of drug-likeness (QED) is 0.732. The fourth-order valence-electron chi connectivity index (χ4n) is 1.16. The van der Waals surface area contributed by atoms with E-state index in [9.17, 15) is 4.79 Å². The summed E-state index contributed by atoms with van der Waals surface area (Å²) in [4.78, 5) is 14.8. The zero-order valence-electron chi connectivity index (χ0n) is 7.11. The first kappa shape index (κ1) is 9.37. The van der Waals surface area contributed by atoms with Crippen molar-refractivity contribution in [3.63, 3.8) is 0 Å². The lowest BCUT2D eigenvalue weighted by atomic mass is 10.1. The third-order valence-electron chi connectivity index (χ3n) is 1.82. The van der Waals surface area contributed by atoms with Crippen LogP contribution in [0.25, 0.3) is 10.6 Å². The third kappa shape index (κ3) is 1.56. The average molecular weight is 224 g/mol. The largest absolute Gasteiger partial charge is 0.298 e. The van der Waals surface area contributed by atoms with Crippen LogP contribution in [0.5, 0.6) is 0 Å². The zero-order valence-corrected chi connectivity index (χ0v) is 8.68. The van der Waals surface area contributed by atoms with Crippen LogP contribution in [0.3, 0.4) is 0 Å². The summed E-state index contributed by atoms with van der Waals surface area (Å²) in [6, 6.07) is 5.34. The van der Waals surface area contributed by atoms with Crippen molar-refractivity contribution in [3.8, 4) is 10.6 Å². The molecule has 0 aliphatic heterocycles. The molecule has 0 saturated carbocycles. The van der Waals surface area contributed by atoms with Crippen molar-refractivity contribution < 1.29 is 4.79 Å². The first-order chi connectivity index (χ1) is 6.83. The maximum absolute atomic E-state index is 10.6. The van der Waals surface area contributed by atoms with E-state index in [4.69, 9.17) is 11.6 Å². The number of halogens is 1. The molecule has 0 N–H and O–H groups in total. The van der Waals surface area contributed by atoms with Crippen LogP contribution in [0.1, 0.15) is 10.4 Å². The van der Waals surface area contributed by atoms with E-state index in [1.165, 1.54) is 11.3 Å². The number of carbonyl (C=O) groups excluding carboxylic acids is 1. The van der Waals surface area contributed by atoms with Gasteiger partial charge in [0, 0.05) is 22.7 Å². The normalized spacial score (nSPS) is 10.1. The van der Waals surface area contributed by atoms with Gasteiger partial charge in [-0.15, -0.1) is 11.3 Å². The van der Waals surface area contributed by atoms with E-state index in [1.54, 1.807) is 18.3 Å². The SMILES string of the molecule is O=Cc1cccc(-c2nccs2)c1Cl. The minimum atomic E-state index is 0.470. The minimum absolute atomic E-state index is 0.470. The summed E-state index contributed by atoms with van der Waals surface area (Å²) >= 11 is 7.53. The molecule has 0 fully saturated rings. The number of hydrogen-bond donors (Lipinski definition) is 0. The van der Waals surface area contributed by atoms with E-state index in [2.05, 4.69) is 4.98 Å². The van der Waals surface area contributed by atoms with Crippen molar-refractivity contribution in [3.05, 3.63) is 40.4 Å². The van der Waals surface area contributed by atoms with Gasteiger partial charge in [-0.25, -0.2) is 4.98 Å². The summed E-state index contributed by atoms with van der Waals surface area (Å²) in [6.07, 6.45) is 2.46. The summed E-state index contributed by atoms with van der Waals surface area (Å²) in [5, 5.41) is 3.18. The van der Waals surface area contributed by atoms with E-state index in [-0.39, 0.29) is 0 Å². The topological polar surface area (TPSA) is 30.0 Å². The lowest BCUT2D eigenvalue weighted by Crippen LogP contribution is -1.85. The Bertz CT molecular complexity index is 453. The fourth-order valence-corrected chi connectivity index (χ4v) is 2.15. The number of aromatic nitrogens is 1. The number of rotatable bonds is 2. The Morgan fingerprint density at radius 2 is 2.29 bits per heavy atom. The van der Waals surface area contributed by atoms with E-state index in [0.717, 1.165) is 16.9 Å². The molecule has 4 heteroatoms. The smallest absolute Gasteiger partial charge is 0.151 e. The molecule has 0 bridgehead atoms. The lowest BCUT2D eigenvalue weighted by Gasteiger charge is -2.01. The van der Waals surface area contributed by atoms with Gasteiger partial charge in [0.1, 0.15) is 5.01 Å². The van der Waals surface area contributed by atoms with Crippen molar-refractivity contribution in [2.75, 3.05) is 0 Å². The Morgan fingerprint density at radius 3 is 2.93 bits per heavy atom. The highest BCUT2D eigenvalue weighted by Crippen LogP contribution is 2.30. The highest BCUT2D eigenvalue weighted by atomic mass is 35.5. The van der Waals surface area contributed by atoms with Gasteiger partial charge in [0.25, 0.3) is 0 Å².